The van der Waals surface area contributed by atoms with Crippen LogP contribution in [0.5, 0.6) is 0 Å². The highest BCUT2D eigenvalue weighted by atomic mass is 35.5. The van der Waals surface area contributed by atoms with E-state index in [1.165, 1.54) is 0 Å². The lowest BCUT2D eigenvalue weighted by molar-refractivity contribution is -0.148. The number of nitrogens with one attached hydrogen (secondary N) is 1. The van der Waals surface area contributed by atoms with E-state index in [1.807, 2.05) is 20.9 Å². The number of carbonyl (C=O) groups excluding carboxylic acids is 1. The number of aromatic nitrogens is 2. The van der Waals surface area contributed by atoms with Crippen LogP contribution in [0.15, 0.2) is 24.3 Å². The minimum atomic E-state index is -1.47. The largest absolute Gasteiger partial charge is 0.479 e. The maximum absolute atomic E-state index is 12.5. The van der Waals surface area contributed by atoms with E-state index in [2.05, 4.69) is 10.4 Å². The molecular formula is C19H24ClN3O3. The number of nitrogens with zero attached hydrogens (tertiary/aromatic N) is 2. The van der Waals surface area contributed by atoms with Crippen molar-refractivity contribution in [3.63, 3.8) is 0 Å². The number of rotatable bonds is 7. The Kier molecular flexibility index (Phi) is 6.08. The highest BCUT2D eigenvalue weighted by Gasteiger charge is 2.40. The van der Waals surface area contributed by atoms with Crippen molar-refractivity contribution in [1.29, 1.82) is 0 Å². The quantitative estimate of drug-likeness (QED) is 0.776. The summed E-state index contributed by atoms with van der Waals surface area (Å²) in [7, 11) is 1.86. The summed E-state index contributed by atoms with van der Waals surface area (Å²) in [4.78, 5) is 24.5. The molecule has 26 heavy (non-hydrogen) atoms. The molecule has 0 saturated carbocycles. The summed E-state index contributed by atoms with van der Waals surface area (Å²) >= 11 is 5.90. The Morgan fingerprint density at radius 3 is 2.35 bits per heavy atom. The van der Waals surface area contributed by atoms with Crippen LogP contribution in [0.3, 0.4) is 0 Å². The summed E-state index contributed by atoms with van der Waals surface area (Å²) < 4.78 is 1.78. The first kappa shape index (κ1) is 20.0. The molecule has 1 amide bonds. The summed E-state index contributed by atoms with van der Waals surface area (Å²) in [5.74, 6) is -1.41. The molecule has 0 aliphatic heterocycles. The Balaban J connectivity index is 2.19. The molecule has 7 heteroatoms. The van der Waals surface area contributed by atoms with E-state index in [9.17, 15) is 14.7 Å². The van der Waals surface area contributed by atoms with Crippen LogP contribution < -0.4 is 5.32 Å². The van der Waals surface area contributed by atoms with Crippen LogP contribution in [0.25, 0.3) is 0 Å². The molecule has 1 atom stereocenters. The number of amides is 1. The van der Waals surface area contributed by atoms with Crippen LogP contribution in [-0.4, -0.2) is 26.8 Å². The number of benzene rings is 1. The van der Waals surface area contributed by atoms with Gasteiger partial charge in [0.1, 0.15) is 0 Å². The van der Waals surface area contributed by atoms with E-state index >= 15 is 0 Å². The zero-order valence-electron chi connectivity index (χ0n) is 15.5. The second kappa shape index (κ2) is 7.91. The molecule has 2 rings (SSSR count). The molecule has 0 aliphatic carbocycles. The maximum Gasteiger partial charge on any atom is 0.334 e. The van der Waals surface area contributed by atoms with Gasteiger partial charge in [-0.25, -0.2) is 4.79 Å². The van der Waals surface area contributed by atoms with Gasteiger partial charge in [0.05, 0.1) is 5.69 Å². The third kappa shape index (κ3) is 3.90. The van der Waals surface area contributed by atoms with E-state index < -0.39 is 11.5 Å². The van der Waals surface area contributed by atoms with E-state index in [0.29, 0.717) is 17.0 Å². The molecule has 1 unspecified atom stereocenters. The number of carbonyl (C=O) groups is 2. The van der Waals surface area contributed by atoms with Crippen molar-refractivity contribution in [2.24, 2.45) is 7.05 Å². The van der Waals surface area contributed by atoms with E-state index in [-0.39, 0.29) is 18.7 Å². The number of aryl methyl sites for hydroxylation is 2. The Morgan fingerprint density at radius 2 is 1.88 bits per heavy atom. The Hall–Kier alpha value is -2.34. The highest BCUT2D eigenvalue weighted by molar-refractivity contribution is 6.30. The van der Waals surface area contributed by atoms with Crippen molar-refractivity contribution in [2.75, 3.05) is 0 Å². The molecule has 0 radical (unpaired) electrons. The van der Waals surface area contributed by atoms with Gasteiger partial charge in [-0.15, -0.1) is 0 Å². The second-order valence-corrected chi connectivity index (χ2v) is 6.83. The smallest absolute Gasteiger partial charge is 0.334 e. The SMILES string of the molecule is CCC(NC(=O)CCc1c(C)nn(C)c1C)(C(=O)O)c1ccc(Cl)cc1. The fourth-order valence-corrected chi connectivity index (χ4v) is 3.27. The van der Waals surface area contributed by atoms with E-state index in [0.717, 1.165) is 17.0 Å². The topological polar surface area (TPSA) is 84.2 Å². The average Bonchev–Trinajstić information content (AvgIpc) is 2.83. The number of hydrogen-bond donors (Lipinski definition) is 2. The molecule has 0 aliphatic rings. The lowest BCUT2D eigenvalue weighted by Crippen LogP contribution is -2.51. The minimum absolute atomic E-state index is 0.190. The lowest BCUT2D eigenvalue weighted by Gasteiger charge is -2.30. The zero-order chi connectivity index (χ0) is 19.5. The number of halogens is 1. The molecule has 2 aromatic rings. The van der Waals surface area contributed by atoms with Crippen molar-refractivity contribution in [3.05, 3.63) is 51.8 Å². The molecule has 0 spiro atoms. The van der Waals surface area contributed by atoms with Crippen LogP contribution in [0.1, 0.15) is 42.3 Å². The highest BCUT2D eigenvalue weighted by Crippen LogP contribution is 2.27. The molecule has 1 aromatic heterocycles. The fourth-order valence-electron chi connectivity index (χ4n) is 3.15. The van der Waals surface area contributed by atoms with Gasteiger partial charge in [0.25, 0.3) is 0 Å². The first-order chi connectivity index (χ1) is 12.2. The molecule has 140 valence electrons. The third-order valence-corrected chi connectivity index (χ3v) is 5.10. The van der Waals surface area contributed by atoms with Gasteiger partial charge in [0, 0.05) is 24.2 Å². The number of aliphatic carboxylic acids is 1. The summed E-state index contributed by atoms with van der Waals surface area (Å²) in [6.45, 7) is 5.59. The van der Waals surface area contributed by atoms with E-state index in [1.54, 1.807) is 35.9 Å². The summed E-state index contributed by atoms with van der Waals surface area (Å²) in [6.07, 6.45) is 0.925. The fraction of sp³-hybridized carbons (Fsp3) is 0.421. The lowest BCUT2D eigenvalue weighted by atomic mass is 9.87. The average molecular weight is 378 g/mol. The molecule has 0 fully saturated rings. The summed E-state index contributed by atoms with van der Waals surface area (Å²) in [5, 5.41) is 17.4. The number of hydrogen-bond acceptors (Lipinski definition) is 3. The van der Waals surface area contributed by atoms with Crippen LogP contribution in [0.4, 0.5) is 0 Å². The predicted molar refractivity (Wildman–Crippen MR) is 100 cm³/mol. The molecule has 0 bridgehead atoms. The van der Waals surface area contributed by atoms with Crippen molar-refractivity contribution < 1.29 is 14.7 Å². The number of carboxylic acids is 1. The second-order valence-electron chi connectivity index (χ2n) is 6.39. The van der Waals surface area contributed by atoms with Crippen molar-refractivity contribution in [1.82, 2.24) is 15.1 Å². The predicted octanol–water partition coefficient (Wildman–Crippen LogP) is 3.13. The van der Waals surface area contributed by atoms with Gasteiger partial charge in [0.2, 0.25) is 5.91 Å². The molecule has 6 nitrogen and oxygen atoms in total. The Labute approximate surface area is 158 Å². The van der Waals surface area contributed by atoms with Gasteiger partial charge in [0.15, 0.2) is 5.54 Å². The standard InChI is InChI=1S/C19H24ClN3O3/c1-5-19(18(25)26,14-6-8-15(20)9-7-14)21-17(24)11-10-16-12(2)22-23(4)13(16)3/h6-9H,5,10-11H2,1-4H3,(H,21,24)(H,25,26). The van der Waals surface area contributed by atoms with E-state index in [4.69, 9.17) is 11.6 Å². The van der Waals surface area contributed by atoms with Crippen LogP contribution >= 0.6 is 11.6 Å². The maximum atomic E-state index is 12.5. The summed E-state index contributed by atoms with van der Waals surface area (Å²) in [5.41, 5.74) is 1.94. The minimum Gasteiger partial charge on any atom is -0.479 e. The molecule has 0 saturated heterocycles. The Morgan fingerprint density at radius 1 is 1.27 bits per heavy atom. The normalized spacial score (nSPS) is 13.3. The van der Waals surface area contributed by atoms with Gasteiger partial charge in [-0.3, -0.25) is 9.48 Å². The third-order valence-electron chi connectivity index (χ3n) is 4.85. The van der Waals surface area contributed by atoms with Crippen LogP contribution in [-0.2, 0) is 28.6 Å². The van der Waals surface area contributed by atoms with Crippen molar-refractivity contribution in [2.45, 2.75) is 45.6 Å². The zero-order valence-corrected chi connectivity index (χ0v) is 16.2. The molecule has 1 heterocycles. The first-order valence-electron chi connectivity index (χ1n) is 8.50. The summed E-state index contributed by atoms with van der Waals surface area (Å²) in [6, 6.07) is 6.52. The van der Waals surface area contributed by atoms with Gasteiger partial charge in [-0.05, 0) is 49.9 Å². The first-order valence-corrected chi connectivity index (χ1v) is 8.88. The Bertz CT molecular complexity index is 814. The number of carboxylic acid groups (broad SMARTS) is 1. The molecular weight excluding hydrogens is 354 g/mol. The van der Waals surface area contributed by atoms with Gasteiger partial charge >= 0.3 is 5.97 Å². The molecule has 2 N–H and O–H groups in total. The van der Waals surface area contributed by atoms with Gasteiger partial charge in [-0.1, -0.05) is 30.7 Å². The van der Waals surface area contributed by atoms with Crippen LogP contribution in [0, 0.1) is 13.8 Å². The van der Waals surface area contributed by atoms with Gasteiger partial charge in [-0.2, -0.15) is 5.10 Å². The monoisotopic (exact) mass is 377 g/mol. The molecule has 1 aromatic carbocycles. The van der Waals surface area contributed by atoms with Crippen molar-refractivity contribution >= 4 is 23.5 Å². The van der Waals surface area contributed by atoms with Gasteiger partial charge < -0.3 is 10.4 Å². The van der Waals surface area contributed by atoms with Crippen molar-refractivity contribution in [3.8, 4) is 0 Å². The van der Waals surface area contributed by atoms with Crippen LogP contribution in [0.2, 0.25) is 5.02 Å².